The molecule has 156 valence electrons. The van der Waals surface area contributed by atoms with Crippen molar-refractivity contribution >= 4 is 15.7 Å². The summed E-state index contributed by atoms with van der Waals surface area (Å²) in [5, 5.41) is 0. The Hall–Kier alpha value is -3.26. The molecule has 1 aliphatic heterocycles. The molecule has 1 aliphatic rings. The smallest absolute Gasteiger partial charge is 0.264 e. The summed E-state index contributed by atoms with van der Waals surface area (Å²) in [5.41, 5.74) is 0.642. The first-order valence-corrected chi connectivity index (χ1v) is 10.7. The lowest BCUT2D eigenvalue weighted by Gasteiger charge is -2.26. The van der Waals surface area contributed by atoms with Gasteiger partial charge in [-0.05, 0) is 42.5 Å². The monoisotopic (exact) mass is 429 g/mol. The van der Waals surface area contributed by atoms with Crippen LogP contribution in [0.25, 0.3) is 0 Å². The fraction of sp³-hybridized carbons (Fsp3) is 0.182. The largest absolute Gasteiger partial charge is 0.497 e. The zero-order chi connectivity index (χ0) is 21.1. The van der Waals surface area contributed by atoms with Gasteiger partial charge in [0.2, 0.25) is 0 Å². The summed E-state index contributed by atoms with van der Waals surface area (Å²) in [6.45, 7) is 0.577. The number of ether oxygens (including phenoxy) is 3. The quantitative estimate of drug-likeness (QED) is 0.593. The van der Waals surface area contributed by atoms with Crippen LogP contribution in [-0.2, 0) is 16.6 Å². The van der Waals surface area contributed by atoms with Gasteiger partial charge in [0.15, 0.2) is 11.5 Å². The molecule has 30 heavy (non-hydrogen) atoms. The molecular formula is C22H20FNO5S. The number of nitrogens with zero attached hydrogens (tertiary/aromatic N) is 1. The summed E-state index contributed by atoms with van der Waals surface area (Å²) in [5.74, 6) is 0.961. The maximum Gasteiger partial charge on any atom is 0.264 e. The van der Waals surface area contributed by atoms with Crippen molar-refractivity contribution in [2.75, 3.05) is 24.6 Å². The van der Waals surface area contributed by atoms with E-state index in [2.05, 4.69) is 0 Å². The van der Waals surface area contributed by atoms with Crippen molar-refractivity contribution in [2.45, 2.75) is 11.4 Å². The van der Waals surface area contributed by atoms with Crippen LogP contribution in [-0.4, -0.2) is 28.7 Å². The van der Waals surface area contributed by atoms with E-state index in [0.717, 1.165) is 4.31 Å². The van der Waals surface area contributed by atoms with Crippen molar-refractivity contribution in [3.8, 4) is 17.2 Å². The summed E-state index contributed by atoms with van der Waals surface area (Å²) in [6.07, 6.45) is 0. The number of fused-ring (bicyclic) bond motifs is 1. The van der Waals surface area contributed by atoms with Crippen LogP contribution in [0.1, 0.15) is 5.56 Å². The third-order valence-electron chi connectivity index (χ3n) is 4.73. The molecule has 0 radical (unpaired) electrons. The Morgan fingerprint density at radius 2 is 1.67 bits per heavy atom. The predicted molar refractivity (Wildman–Crippen MR) is 110 cm³/mol. The second-order valence-corrected chi connectivity index (χ2v) is 8.47. The van der Waals surface area contributed by atoms with Gasteiger partial charge in [0, 0.05) is 11.6 Å². The predicted octanol–water partition coefficient (Wildman–Crippen LogP) is 4.00. The zero-order valence-electron chi connectivity index (χ0n) is 16.2. The molecule has 1 heterocycles. The first kappa shape index (κ1) is 20.0. The van der Waals surface area contributed by atoms with Gasteiger partial charge in [-0.1, -0.05) is 18.2 Å². The Bertz CT molecular complexity index is 1150. The number of rotatable bonds is 6. The molecule has 0 saturated carbocycles. The van der Waals surface area contributed by atoms with E-state index in [1.54, 1.807) is 48.5 Å². The van der Waals surface area contributed by atoms with Crippen LogP contribution in [0, 0.1) is 5.82 Å². The van der Waals surface area contributed by atoms with Gasteiger partial charge in [-0.25, -0.2) is 12.8 Å². The lowest BCUT2D eigenvalue weighted by Crippen LogP contribution is -2.31. The van der Waals surface area contributed by atoms with Crippen LogP contribution in [0.5, 0.6) is 17.2 Å². The van der Waals surface area contributed by atoms with Crippen LogP contribution in [0.4, 0.5) is 10.1 Å². The lowest BCUT2D eigenvalue weighted by molar-refractivity contribution is 0.171. The Morgan fingerprint density at radius 3 is 2.37 bits per heavy atom. The van der Waals surface area contributed by atoms with Gasteiger partial charge in [-0.2, -0.15) is 0 Å². The number of benzene rings is 3. The zero-order valence-corrected chi connectivity index (χ0v) is 17.1. The second kappa shape index (κ2) is 8.23. The minimum Gasteiger partial charge on any atom is -0.497 e. The Labute approximate surface area is 174 Å². The highest BCUT2D eigenvalue weighted by molar-refractivity contribution is 7.92. The van der Waals surface area contributed by atoms with E-state index in [9.17, 15) is 12.8 Å². The molecule has 3 aromatic carbocycles. The molecule has 0 aromatic heterocycles. The van der Waals surface area contributed by atoms with Gasteiger partial charge in [-0.3, -0.25) is 4.31 Å². The number of anilines is 1. The molecule has 0 aliphatic carbocycles. The Balaban J connectivity index is 1.78. The van der Waals surface area contributed by atoms with Gasteiger partial charge in [0.05, 0.1) is 24.2 Å². The number of halogens is 1. The van der Waals surface area contributed by atoms with E-state index in [-0.39, 0.29) is 17.0 Å². The molecule has 0 spiro atoms. The van der Waals surface area contributed by atoms with E-state index < -0.39 is 15.8 Å². The van der Waals surface area contributed by atoms with E-state index in [4.69, 9.17) is 14.2 Å². The highest BCUT2D eigenvalue weighted by atomic mass is 32.2. The molecule has 0 fully saturated rings. The first-order valence-electron chi connectivity index (χ1n) is 9.29. The van der Waals surface area contributed by atoms with Crippen molar-refractivity contribution < 1.29 is 27.0 Å². The van der Waals surface area contributed by atoms with Crippen molar-refractivity contribution in [1.82, 2.24) is 0 Å². The van der Waals surface area contributed by atoms with E-state index in [0.29, 0.717) is 36.1 Å². The van der Waals surface area contributed by atoms with Crippen molar-refractivity contribution in [2.24, 2.45) is 0 Å². The van der Waals surface area contributed by atoms with Crippen LogP contribution in [0.2, 0.25) is 0 Å². The third-order valence-corrected chi connectivity index (χ3v) is 6.50. The molecule has 6 nitrogen and oxygen atoms in total. The standard InChI is InChI=1S/C22H20FNO5S/c1-27-18-8-6-17(7-9-18)24(15-16-4-2-3-5-20(16)23)30(25,26)19-10-11-21-22(14-19)29-13-12-28-21/h2-11,14H,12-13,15H2,1H3. The summed E-state index contributed by atoms with van der Waals surface area (Å²) in [6, 6.07) is 17.1. The molecule has 8 heteroatoms. The molecule has 4 rings (SSSR count). The van der Waals surface area contributed by atoms with Crippen LogP contribution >= 0.6 is 0 Å². The summed E-state index contributed by atoms with van der Waals surface area (Å²) < 4.78 is 58.8. The van der Waals surface area contributed by atoms with E-state index in [1.165, 1.54) is 25.3 Å². The molecule has 0 bridgehead atoms. The lowest BCUT2D eigenvalue weighted by atomic mass is 10.2. The number of hydrogen-bond donors (Lipinski definition) is 0. The number of hydrogen-bond acceptors (Lipinski definition) is 5. The van der Waals surface area contributed by atoms with Crippen LogP contribution < -0.4 is 18.5 Å². The molecule has 0 atom stereocenters. The summed E-state index contributed by atoms with van der Waals surface area (Å²) in [7, 11) is -2.51. The minimum absolute atomic E-state index is 0.0268. The number of sulfonamides is 1. The van der Waals surface area contributed by atoms with Crippen LogP contribution in [0.3, 0.4) is 0 Å². The molecule has 0 saturated heterocycles. The molecule has 0 N–H and O–H groups in total. The van der Waals surface area contributed by atoms with Crippen molar-refractivity contribution in [3.05, 3.63) is 78.1 Å². The molecule has 3 aromatic rings. The minimum atomic E-state index is -4.03. The van der Waals surface area contributed by atoms with Crippen molar-refractivity contribution in [1.29, 1.82) is 0 Å². The van der Waals surface area contributed by atoms with Gasteiger partial charge >= 0.3 is 0 Å². The van der Waals surface area contributed by atoms with E-state index >= 15 is 0 Å². The normalized spacial score (nSPS) is 13.0. The Kier molecular flexibility index (Phi) is 5.50. The molecular weight excluding hydrogens is 409 g/mol. The first-order chi connectivity index (χ1) is 14.5. The fourth-order valence-electron chi connectivity index (χ4n) is 3.16. The molecule has 0 unspecified atom stereocenters. The highest BCUT2D eigenvalue weighted by Crippen LogP contribution is 2.35. The second-order valence-electron chi connectivity index (χ2n) is 6.61. The average molecular weight is 429 g/mol. The summed E-state index contributed by atoms with van der Waals surface area (Å²) >= 11 is 0. The molecule has 0 amide bonds. The highest BCUT2D eigenvalue weighted by Gasteiger charge is 2.28. The maximum absolute atomic E-state index is 14.3. The number of methoxy groups -OCH3 is 1. The van der Waals surface area contributed by atoms with Crippen molar-refractivity contribution in [3.63, 3.8) is 0 Å². The SMILES string of the molecule is COc1ccc(N(Cc2ccccc2F)S(=O)(=O)c2ccc3c(c2)OCCO3)cc1. The summed E-state index contributed by atoms with van der Waals surface area (Å²) in [4.78, 5) is 0.0268. The Morgan fingerprint density at radius 1 is 0.967 bits per heavy atom. The van der Waals surface area contributed by atoms with E-state index in [1.807, 2.05) is 0 Å². The van der Waals surface area contributed by atoms with Crippen LogP contribution in [0.15, 0.2) is 71.6 Å². The fourth-order valence-corrected chi connectivity index (χ4v) is 4.62. The van der Waals surface area contributed by atoms with Gasteiger partial charge < -0.3 is 14.2 Å². The van der Waals surface area contributed by atoms with Gasteiger partial charge in [-0.15, -0.1) is 0 Å². The topological polar surface area (TPSA) is 65.1 Å². The van der Waals surface area contributed by atoms with Gasteiger partial charge in [0.1, 0.15) is 24.8 Å². The average Bonchev–Trinajstić information content (AvgIpc) is 2.78. The van der Waals surface area contributed by atoms with Gasteiger partial charge in [0.25, 0.3) is 10.0 Å². The third kappa shape index (κ3) is 3.91. The maximum atomic E-state index is 14.3.